The summed E-state index contributed by atoms with van der Waals surface area (Å²) in [7, 11) is -3.86. The summed E-state index contributed by atoms with van der Waals surface area (Å²) < 4.78 is 46.9. The number of benzene rings is 2. The molecule has 2 aromatic carbocycles. The van der Waals surface area contributed by atoms with Crippen molar-refractivity contribution < 1.29 is 22.3 Å². The molecular weight excluding hydrogens is 421 g/mol. The Morgan fingerprint density at radius 1 is 1.23 bits per heavy atom. The van der Waals surface area contributed by atoms with E-state index in [-0.39, 0.29) is 36.8 Å². The predicted octanol–water partition coefficient (Wildman–Crippen LogP) is 2.94. The molecule has 0 saturated carbocycles. The zero-order valence-corrected chi connectivity index (χ0v) is 18.2. The molecule has 7 nitrogen and oxygen atoms in total. The van der Waals surface area contributed by atoms with Crippen molar-refractivity contribution in [3.05, 3.63) is 65.0 Å². The highest BCUT2D eigenvalue weighted by Gasteiger charge is 2.29. The van der Waals surface area contributed by atoms with Crippen LogP contribution in [0.2, 0.25) is 0 Å². The van der Waals surface area contributed by atoms with Crippen LogP contribution in [0, 0.1) is 17.1 Å². The van der Waals surface area contributed by atoms with Crippen molar-refractivity contribution in [1.29, 1.82) is 5.26 Å². The van der Waals surface area contributed by atoms with E-state index in [4.69, 9.17) is 10.00 Å². The molecule has 0 radical (unpaired) electrons. The Balaban J connectivity index is 1.92. The molecule has 1 unspecified atom stereocenters. The molecule has 0 aliphatic carbocycles. The van der Waals surface area contributed by atoms with E-state index in [0.29, 0.717) is 12.1 Å². The summed E-state index contributed by atoms with van der Waals surface area (Å²) in [6.07, 6.45) is 0. The molecule has 0 bridgehead atoms. The van der Waals surface area contributed by atoms with Crippen LogP contribution in [0.5, 0.6) is 0 Å². The number of ether oxygens (including phenoxy) is 1. The number of carbonyl (C=O) groups excluding carboxylic acids is 1. The number of morpholine rings is 1. The van der Waals surface area contributed by atoms with Gasteiger partial charge in [0.1, 0.15) is 5.82 Å². The Labute approximate surface area is 181 Å². The summed E-state index contributed by atoms with van der Waals surface area (Å²) in [6, 6.07) is 11.7. The lowest BCUT2D eigenvalue weighted by molar-refractivity contribution is 0.0696. The number of nitrogens with zero attached hydrogens (tertiary/aromatic N) is 3. The molecule has 1 heterocycles. The molecule has 9 heteroatoms. The van der Waals surface area contributed by atoms with Crippen molar-refractivity contribution >= 4 is 15.9 Å². The highest BCUT2D eigenvalue weighted by molar-refractivity contribution is 7.89. The van der Waals surface area contributed by atoms with E-state index < -0.39 is 27.8 Å². The summed E-state index contributed by atoms with van der Waals surface area (Å²) in [5, 5.41) is 8.96. The first kappa shape index (κ1) is 22.9. The SMILES string of the molecule is CCN(C(=O)c1cc(S(=O)(=O)N2CCOCC2)ccc1F)C(C)c1ccc(C#N)cc1. The first-order chi connectivity index (χ1) is 14.8. The summed E-state index contributed by atoms with van der Waals surface area (Å²) in [6.45, 7) is 4.86. The predicted molar refractivity (Wildman–Crippen MR) is 112 cm³/mol. The molecule has 0 aromatic heterocycles. The summed E-state index contributed by atoms with van der Waals surface area (Å²) in [5.41, 5.74) is 0.987. The van der Waals surface area contributed by atoms with E-state index in [1.807, 2.05) is 6.07 Å². The number of amides is 1. The van der Waals surface area contributed by atoms with Crippen molar-refractivity contribution in [1.82, 2.24) is 9.21 Å². The molecule has 164 valence electrons. The largest absolute Gasteiger partial charge is 0.379 e. The van der Waals surface area contributed by atoms with Crippen LogP contribution in [0.4, 0.5) is 4.39 Å². The van der Waals surface area contributed by atoms with Gasteiger partial charge in [-0.05, 0) is 49.7 Å². The monoisotopic (exact) mass is 445 g/mol. The van der Waals surface area contributed by atoms with E-state index in [0.717, 1.165) is 17.7 Å². The molecule has 31 heavy (non-hydrogen) atoms. The molecule has 0 spiro atoms. The summed E-state index contributed by atoms with van der Waals surface area (Å²) >= 11 is 0. The zero-order valence-electron chi connectivity index (χ0n) is 17.4. The van der Waals surface area contributed by atoms with Crippen LogP contribution in [0.25, 0.3) is 0 Å². The van der Waals surface area contributed by atoms with Gasteiger partial charge in [-0.25, -0.2) is 12.8 Å². The molecule has 2 aromatic rings. The van der Waals surface area contributed by atoms with Gasteiger partial charge in [-0.1, -0.05) is 12.1 Å². The molecule has 3 rings (SSSR count). The normalized spacial score (nSPS) is 15.8. The quantitative estimate of drug-likeness (QED) is 0.682. The average molecular weight is 446 g/mol. The number of carbonyl (C=O) groups is 1. The molecule has 1 amide bonds. The highest BCUT2D eigenvalue weighted by Crippen LogP contribution is 2.26. The maximum atomic E-state index is 14.6. The Kier molecular flexibility index (Phi) is 7.05. The number of halogens is 1. The van der Waals surface area contributed by atoms with Crippen LogP contribution in [-0.2, 0) is 14.8 Å². The van der Waals surface area contributed by atoms with E-state index in [1.54, 1.807) is 38.1 Å². The fraction of sp³-hybridized carbons (Fsp3) is 0.364. The topological polar surface area (TPSA) is 90.7 Å². The second kappa shape index (κ2) is 9.56. The maximum Gasteiger partial charge on any atom is 0.257 e. The van der Waals surface area contributed by atoms with Crippen LogP contribution < -0.4 is 0 Å². The van der Waals surface area contributed by atoms with Gasteiger partial charge >= 0.3 is 0 Å². The fourth-order valence-corrected chi connectivity index (χ4v) is 4.96. The van der Waals surface area contributed by atoms with E-state index in [2.05, 4.69) is 0 Å². The summed E-state index contributed by atoms with van der Waals surface area (Å²) in [5.74, 6) is -1.38. The second-order valence-electron chi connectivity index (χ2n) is 7.16. The molecule has 1 atom stereocenters. The summed E-state index contributed by atoms with van der Waals surface area (Å²) in [4.78, 5) is 14.5. The zero-order chi connectivity index (χ0) is 22.6. The van der Waals surface area contributed by atoms with Crippen molar-refractivity contribution in [2.24, 2.45) is 0 Å². The van der Waals surface area contributed by atoms with Crippen LogP contribution in [-0.4, -0.2) is 56.4 Å². The van der Waals surface area contributed by atoms with Crippen LogP contribution >= 0.6 is 0 Å². The van der Waals surface area contributed by atoms with E-state index in [9.17, 15) is 17.6 Å². The molecule has 1 aliphatic rings. The smallest absolute Gasteiger partial charge is 0.257 e. The Morgan fingerprint density at radius 3 is 2.45 bits per heavy atom. The first-order valence-corrected chi connectivity index (χ1v) is 11.4. The van der Waals surface area contributed by atoms with Gasteiger partial charge in [0.15, 0.2) is 0 Å². The van der Waals surface area contributed by atoms with Crippen LogP contribution in [0.15, 0.2) is 47.4 Å². The molecule has 0 N–H and O–H groups in total. The van der Waals surface area contributed by atoms with E-state index >= 15 is 0 Å². The lowest BCUT2D eigenvalue weighted by atomic mass is 10.0. The molecular formula is C22H24FN3O4S. The van der Waals surface area contributed by atoms with E-state index in [1.165, 1.54) is 15.3 Å². The number of sulfonamides is 1. The third kappa shape index (κ3) is 4.77. The fourth-order valence-electron chi connectivity index (χ4n) is 3.53. The lowest BCUT2D eigenvalue weighted by Crippen LogP contribution is -2.40. The lowest BCUT2D eigenvalue weighted by Gasteiger charge is -2.29. The van der Waals surface area contributed by atoms with Gasteiger partial charge in [-0.2, -0.15) is 9.57 Å². The third-order valence-electron chi connectivity index (χ3n) is 5.37. The maximum absolute atomic E-state index is 14.6. The molecule has 1 fully saturated rings. The number of rotatable bonds is 6. The van der Waals surface area contributed by atoms with Gasteiger partial charge in [-0.3, -0.25) is 4.79 Å². The first-order valence-electron chi connectivity index (χ1n) is 9.98. The minimum absolute atomic E-state index is 0.124. The van der Waals surface area contributed by atoms with Crippen molar-refractivity contribution in [2.75, 3.05) is 32.8 Å². The minimum Gasteiger partial charge on any atom is -0.379 e. The number of hydrogen-bond donors (Lipinski definition) is 0. The Bertz CT molecular complexity index is 1090. The van der Waals surface area contributed by atoms with Gasteiger partial charge < -0.3 is 9.64 Å². The second-order valence-corrected chi connectivity index (χ2v) is 9.10. The number of hydrogen-bond acceptors (Lipinski definition) is 5. The van der Waals surface area contributed by atoms with Gasteiger partial charge in [0.2, 0.25) is 10.0 Å². The van der Waals surface area contributed by atoms with Crippen molar-refractivity contribution in [3.63, 3.8) is 0 Å². The van der Waals surface area contributed by atoms with Crippen LogP contribution in [0.1, 0.15) is 41.4 Å². The van der Waals surface area contributed by atoms with Crippen molar-refractivity contribution in [3.8, 4) is 6.07 Å². The highest BCUT2D eigenvalue weighted by atomic mass is 32.2. The third-order valence-corrected chi connectivity index (χ3v) is 7.26. The molecule has 1 saturated heterocycles. The van der Waals surface area contributed by atoms with Crippen molar-refractivity contribution in [2.45, 2.75) is 24.8 Å². The van der Waals surface area contributed by atoms with Gasteiger partial charge in [0, 0.05) is 19.6 Å². The standard InChI is InChI=1S/C22H24FN3O4S/c1-3-26(16(2)18-6-4-17(15-24)5-7-18)22(27)20-14-19(8-9-21(20)23)31(28,29)25-10-12-30-13-11-25/h4-9,14,16H,3,10-13H2,1-2H3. The Hall–Kier alpha value is -2.80. The average Bonchev–Trinajstić information content (AvgIpc) is 2.80. The van der Waals surface area contributed by atoms with Gasteiger partial charge in [0.25, 0.3) is 5.91 Å². The van der Waals surface area contributed by atoms with Gasteiger partial charge in [0.05, 0.1) is 41.3 Å². The van der Waals surface area contributed by atoms with Crippen LogP contribution in [0.3, 0.4) is 0 Å². The Morgan fingerprint density at radius 2 is 1.87 bits per heavy atom. The minimum atomic E-state index is -3.86. The molecule has 1 aliphatic heterocycles. The number of nitriles is 1. The van der Waals surface area contributed by atoms with Gasteiger partial charge in [-0.15, -0.1) is 0 Å².